The highest BCUT2D eigenvalue weighted by atomic mass is 32.2. The molecule has 0 spiro atoms. The zero-order valence-corrected chi connectivity index (χ0v) is 17.2. The Morgan fingerprint density at radius 2 is 1.68 bits per heavy atom. The third kappa shape index (κ3) is 7.04. The SMILES string of the molecule is CCCc1ccc(Oc2cccc(CCCC(P(=O)([O-])[O-])S(=O)(=O)[O-])c2)cc1. The van der Waals surface area contributed by atoms with Crippen LogP contribution in [-0.2, 0) is 27.5 Å². The van der Waals surface area contributed by atoms with Gasteiger partial charge in [-0.3, -0.25) is 0 Å². The molecule has 7 nitrogen and oxygen atoms in total. The quantitative estimate of drug-likeness (QED) is 0.422. The van der Waals surface area contributed by atoms with Crippen molar-refractivity contribution in [3.63, 3.8) is 0 Å². The fourth-order valence-electron chi connectivity index (χ4n) is 2.85. The van der Waals surface area contributed by atoms with Crippen molar-refractivity contribution in [1.82, 2.24) is 0 Å². The topological polar surface area (TPSA) is 130 Å². The van der Waals surface area contributed by atoms with Crippen LogP contribution in [0.2, 0.25) is 0 Å². The molecule has 0 bridgehead atoms. The second-order valence-corrected chi connectivity index (χ2v) is 10.1. The first kappa shape index (κ1) is 22.6. The molecule has 0 heterocycles. The van der Waals surface area contributed by atoms with Crippen LogP contribution in [0.4, 0.5) is 0 Å². The van der Waals surface area contributed by atoms with E-state index in [0.717, 1.165) is 18.4 Å². The maximum atomic E-state index is 11.0. The van der Waals surface area contributed by atoms with Crippen molar-refractivity contribution >= 4 is 17.7 Å². The van der Waals surface area contributed by atoms with Gasteiger partial charge in [0.25, 0.3) is 0 Å². The molecule has 2 aromatic rings. The van der Waals surface area contributed by atoms with Crippen LogP contribution in [0.15, 0.2) is 48.5 Å². The zero-order chi connectivity index (χ0) is 20.8. The first-order chi connectivity index (χ1) is 13.1. The average Bonchev–Trinajstić information content (AvgIpc) is 2.59. The van der Waals surface area contributed by atoms with E-state index in [1.165, 1.54) is 5.56 Å². The summed E-state index contributed by atoms with van der Waals surface area (Å²) in [5.41, 5.74) is 1.99. The lowest BCUT2D eigenvalue weighted by molar-refractivity contribution is -0.314. The largest absolute Gasteiger partial charge is 0.810 e. The van der Waals surface area contributed by atoms with Crippen LogP contribution in [0.3, 0.4) is 0 Å². The van der Waals surface area contributed by atoms with Crippen molar-refractivity contribution in [3.8, 4) is 11.5 Å². The van der Waals surface area contributed by atoms with Gasteiger partial charge < -0.3 is 23.6 Å². The Morgan fingerprint density at radius 3 is 2.25 bits per heavy atom. The maximum absolute atomic E-state index is 11.0. The van der Waals surface area contributed by atoms with Crippen LogP contribution < -0.4 is 14.5 Å². The number of hydrogen-bond donors (Lipinski definition) is 0. The molecule has 0 aliphatic carbocycles. The Hall–Kier alpha value is -1.70. The number of rotatable bonds is 10. The second kappa shape index (κ2) is 9.67. The molecule has 0 saturated heterocycles. The predicted molar refractivity (Wildman–Crippen MR) is 101 cm³/mol. The van der Waals surface area contributed by atoms with Gasteiger partial charge in [0.15, 0.2) is 0 Å². The van der Waals surface area contributed by atoms with Gasteiger partial charge in [0.1, 0.15) is 21.6 Å². The molecular formula is C19H22O7PS-3. The fraction of sp³-hybridized carbons (Fsp3) is 0.368. The van der Waals surface area contributed by atoms with Gasteiger partial charge in [-0.2, -0.15) is 0 Å². The summed E-state index contributed by atoms with van der Waals surface area (Å²) in [6, 6.07) is 14.8. The van der Waals surface area contributed by atoms with Crippen molar-refractivity contribution < 1.29 is 32.1 Å². The minimum atomic E-state index is -5.51. The van der Waals surface area contributed by atoms with Crippen LogP contribution >= 0.6 is 7.60 Å². The first-order valence-electron chi connectivity index (χ1n) is 8.92. The molecule has 9 heteroatoms. The van der Waals surface area contributed by atoms with E-state index >= 15 is 0 Å². The Balaban J connectivity index is 1.98. The fourth-order valence-corrected chi connectivity index (χ4v) is 5.07. The lowest BCUT2D eigenvalue weighted by Gasteiger charge is -2.39. The van der Waals surface area contributed by atoms with Crippen LogP contribution in [-0.4, -0.2) is 18.0 Å². The second-order valence-electron chi connectivity index (χ2n) is 6.52. The average molecular weight is 425 g/mol. The predicted octanol–water partition coefficient (Wildman–Crippen LogP) is 2.54. The summed E-state index contributed by atoms with van der Waals surface area (Å²) in [5.74, 6) is 1.25. The summed E-state index contributed by atoms with van der Waals surface area (Å²) in [7, 11) is -10.7. The summed E-state index contributed by atoms with van der Waals surface area (Å²) in [5, 5.41) is 0. The molecule has 1 atom stereocenters. The summed E-state index contributed by atoms with van der Waals surface area (Å²) < 4.78 is 49.8. The zero-order valence-electron chi connectivity index (χ0n) is 15.4. The molecule has 2 rings (SSSR count). The summed E-state index contributed by atoms with van der Waals surface area (Å²) in [6.07, 6.45) is 1.90. The van der Waals surface area contributed by atoms with Gasteiger partial charge in [-0.15, -0.1) is 0 Å². The van der Waals surface area contributed by atoms with E-state index in [1.54, 1.807) is 24.3 Å². The summed E-state index contributed by atoms with van der Waals surface area (Å²) >= 11 is 0. The van der Waals surface area contributed by atoms with E-state index in [0.29, 0.717) is 17.9 Å². The molecule has 0 aliphatic rings. The van der Waals surface area contributed by atoms with Gasteiger partial charge >= 0.3 is 0 Å². The van der Waals surface area contributed by atoms with E-state index in [-0.39, 0.29) is 6.42 Å². The third-order valence-electron chi connectivity index (χ3n) is 4.20. The molecule has 0 aliphatic heterocycles. The van der Waals surface area contributed by atoms with E-state index in [9.17, 15) is 27.3 Å². The number of benzene rings is 2. The van der Waals surface area contributed by atoms with Gasteiger partial charge in [-0.25, -0.2) is 8.42 Å². The highest BCUT2D eigenvalue weighted by molar-refractivity contribution is 7.93. The van der Waals surface area contributed by atoms with E-state index in [4.69, 9.17) is 4.74 Å². The highest BCUT2D eigenvalue weighted by Crippen LogP contribution is 2.38. The number of hydrogen-bond acceptors (Lipinski definition) is 7. The van der Waals surface area contributed by atoms with Gasteiger partial charge in [0, 0.05) is 0 Å². The maximum Gasteiger partial charge on any atom is 0.127 e. The normalized spacial score (nSPS) is 13.3. The third-order valence-corrected chi connectivity index (χ3v) is 7.61. The Labute approximate surface area is 165 Å². The smallest absolute Gasteiger partial charge is 0.127 e. The summed E-state index contributed by atoms with van der Waals surface area (Å²) in [6.45, 7) is 2.11. The number of ether oxygens (including phenoxy) is 1. The minimum absolute atomic E-state index is 0.0653. The van der Waals surface area contributed by atoms with E-state index in [2.05, 4.69) is 6.92 Å². The molecule has 154 valence electrons. The molecule has 2 aromatic carbocycles. The van der Waals surface area contributed by atoms with Gasteiger partial charge in [-0.05, 0) is 61.1 Å². The Bertz CT molecular complexity index is 920. The first-order valence-corrected chi connectivity index (χ1v) is 12.0. The molecule has 28 heavy (non-hydrogen) atoms. The van der Waals surface area contributed by atoms with Gasteiger partial charge in [-0.1, -0.05) is 45.2 Å². The van der Waals surface area contributed by atoms with Gasteiger partial charge in [0.05, 0.1) is 4.99 Å². The lowest BCUT2D eigenvalue weighted by atomic mass is 10.1. The van der Waals surface area contributed by atoms with Crippen molar-refractivity contribution in [2.45, 2.75) is 44.0 Å². The molecule has 1 unspecified atom stereocenters. The monoisotopic (exact) mass is 425 g/mol. The van der Waals surface area contributed by atoms with Crippen molar-refractivity contribution in [2.75, 3.05) is 0 Å². The van der Waals surface area contributed by atoms with E-state index < -0.39 is 29.1 Å². The molecular weight excluding hydrogens is 403 g/mol. The van der Waals surface area contributed by atoms with Crippen LogP contribution in [0.5, 0.6) is 11.5 Å². The summed E-state index contributed by atoms with van der Waals surface area (Å²) in [4.78, 5) is 19.6. The van der Waals surface area contributed by atoms with Crippen LogP contribution in [0.25, 0.3) is 0 Å². The molecule has 0 aromatic heterocycles. The van der Waals surface area contributed by atoms with Crippen molar-refractivity contribution in [1.29, 1.82) is 0 Å². The minimum Gasteiger partial charge on any atom is -0.810 e. The molecule has 0 radical (unpaired) electrons. The van der Waals surface area contributed by atoms with Gasteiger partial charge in [0.2, 0.25) is 0 Å². The van der Waals surface area contributed by atoms with E-state index in [1.807, 2.05) is 24.3 Å². The van der Waals surface area contributed by atoms with Crippen molar-refractivity contribution in [2.24, 2.45) is 0 Å². The standard InChI is InChI=1S/C19H25O7PS/c1-2-5-15-10-12-17(13-11-15)26-18-8-3-6-16(14-18)7-4-9-19(27(20,21)22)28(23,24)25/h3,6,8,10-14,19H,2,4-5,7,9H2,1H3,(H2,20,21,22)(H,23,24,25)/p-3. The highest BCUT2D eigenvalue weighted by Gasteiger charge is 2.20. The number of aryl methyl sites for hydroxylation is 2. The molecule has 0 N–H and O–H groups in total. The van der Waals surface area contributed by atoms with Crippen molar-refractivity contribution in [3.05, 3.63) is 59.7 Å². The van der Waals surface area contributed by atoms with Crippen LogP contribution in [0, 0.1) is 0 Å². The Morgan fingerprint density at radius 1 is 1.00 bits per heavy atom. The van der Waals surface area contributed by atoms with Crippen LogP contribution in [0.1, 0.15) is 37.3 Å². The lowest BCUT2D eigenvalue weighted by Crippen LogP contribution is -2.32. The molecule has 0 saturated carbocycles. The Kier molecular flexibility index (Phi) is 7.80. The molecule has 0 fully saturated rings. The molecule has 0 amide bonds.